The largest absolute Gasteiger partial charge is 0.481 e. The van der Waals surface area contributed by atoms with Crippen LogP contribution in [0, 0.1) is 0 Å². The van der Waals surface area contributed by atoms with Crippen molar-refractivity contribution >= 4 is 13.2 Å². The van der Waals surface area contributed by atoms with Gasteiger partial charge in [-0.1, -0.05) is 6.08 Å². The molecule has 1 unspecified atom stereocenters. The summed E-state index contributed by atoms with van der Waals surface area (Å²) < 4.78 is 0. The van der Waals surface area contributed by atoms with Crippen LogP contribution in [0.2, 0.25) is 5.82 Å². The van der Waals surface area contributed by atoms with E-state index >= 15 is 0 Å². The summed E-state index contributed by atoms with van der Waals surface area (Å²) in [6.45, 7) is 0. The lowest BCUT2D eigenvalue weighted by atomic mass is 9.56. The number of hydrogen-bond donors (Lipinski definition) is 1. The van der Waals surface area contributed by atoms with E-state index in [0.29, 0.717) is 0 Å². The molecule has 1 aliphatic rings. The Hall–Kier alpha value is -0.725. The van der Waals surface area contributed by atoms with Crippen LogP contribution < -0.4 is 0 Å². The van der Waals surface area contributed by atoms with Crippen LogP contribution in [0.25, 0.3) is 0 Å². The highest BCUT2D eigenvalue weighted by Gasteiger charge is 2.18. The van der Waals surface area contributed by atoms with E-state index in [1.807, 2.05) is 0 Å². The molecule has 3 heteroatoms. The second kappa shape index (κ2) is 1.41. The van der Waals surface area contributed by atoms with Crippen LogP contribution in [-0.4, -0.2) is 18.4 Å². The molecule has 35 valence electrons. The zero-order chi connectivity index (χ0) is 5.28. The average molecular weight is 94.9 g/mol. The van der Waals surface area contributed by atoms with Gasteiger partial charge in [0.05, 0.1) is 0 Å². The first-order valence-corrected chi connectivity index (χ1v) is 2.05. The van der Waals surface area contributed by atoms with Gasteiger partial charge < -0.3 is 5.11 Å². The summed E-state index contributed by atoms with van der Waals surface area (Å²) in [7, 11) is 1.64. The Balaban J connectivity index is 2.44. The normalized spacial score (nSPS) is 25.4. The van der Waals surface area contributed by atoms with Crippen LogP contribution in [0.1, 0.15) is 0 Å². The van der Waals surface area contributed by atoms with Gasteiger partial charge >= 0.3 is 5.97 Å². The summed E-state index contributed by atoms with van der Waals surface area (Å²) in [6, 6.07) is 0. The van der Waals surface area contributed by atoms with E-state index in [0.717, 1.165) is 0 Å². The lowest BCUT2D eigenvalue weighted by Crippen LogP contribution is -2.16. The van der Waals surface area contributed by atoms with Gasteiger partial charge in [-0.15, -0.1) is 5.98 Å². The summed E-state index contributed by atoms with van der Waals surface area (Å²) in [5.41, 5.74) is 0. The van der Waals surface area contributed by atoms with E-state index in [1.165, 1.54) is 0 Å². The van der Waals surface area contributed by atoms with Gasteiger partial charge in [0, 0.05) is 5.82 Å². The number of carbonyl (C=O) groups is 1. The second-order valence-electron chi connectivity index (χ2n) is 1.44. The lowest BCUT2D eigenvalue weighted by molar-refractivity contribution is -0.136. The fraction of sp³-hybridized carbons (Fsp3) is 0.250. The quantitative estimate of drug-likeness (QED) is 0.468. The summed E-state index contributed by atoms with van der Waals surface area (Å²) in [6.07, 6.45) is 1.64. The molecular formula is C4H4BO2. The van der Waals surface area contributed by atoms with Crippen molar-refractivity contribution in [1.82, 2.24) is 0 Å². The van der Waals surface area contributed by atoms with Gasteiger partial charge in [0.2, 0.25) is 0 Å². The highest BCUT2D eigenvalue weighted by molar-refractivity contribution is 6.54. The fourth-order valence-electron chi connectivity index (χ4n) is 0.387. The van der Waals surface area contributed by atoms with Crippen molar-refractivity contribution in [1.29, 1.82) is 0 Å². The molecule has 1 radical (unpaired) electrons. The molecule has 7 heavy (non-hydrogen) atoms. The number of hydrogen-bond acceptors (Lipinski definition) is 1. The average Bonchev–Trinajstić information content (AvgIpc) is 1.23. The maximum atomic E-state index is 9.90. The van der Waals surface area contributed by atoms with Crippen LogP contribution >= 0.6 is 0 Å². The standard InChI is InChI=1S/C4H4BO2/c6-4(7)3-1-2-5-3/h1-3H,(H,6,7). The monoisotopic (exact) mass is 95.0 g/mol. The molecule has 1 aliphatic heterocycles. The Morgan fingerprint density at radius 3 is 2.43 bits per heavy atom. The molecule has 0 saturated heterocycles. The highest BCUT2D eigenvalue weighted by atomic mass is 16.4. The molecule has 1 heterocycles. The van der Waals surface area contributed by atoms with Gasteiger partial charge in [0.15, 0.2) is 7.28 Å². The predicted molar refractivity (Wildman–Crippen MR) is 26.3 cm³/mol. The second-order valence-corrected chi connectivity index (χ2v) is 1.44. The molecule has 1 N–H and O–H groups in total. The smallest absolute Gasteiger partial charge is 0.302 e. The highest BCUT2D eigenvalue weighted by Crippen LogP contribution is 2.13. The predicted octanol–water partition coefficient (Wildman–Crippen LogP) is 0.0910. The Morgan fingerprint density at radius 2 is 2.43 bits per heavy atom. The Morgan fingerprint density at radius 1 is 1.86 bits per heavy atom. The maximum Gasteiger partial charge on any atom is 0.302 e. The van der Waals surface area contributed by atoms with Gasteiger partial charge in [-0.05, 0) is 0 Å². The van der Waals surface area contributed by atoms with Gasteiger partial charge in [-0.2, -0.15) is 0 Å². The minimum Gasteiger partial charge on any atom is -0.481 e. The van der Waals surface area contributed by atoms with Crippen LogP contribution in [-0.2, 0) is 4.79 Å². The Labute approximate surface area is 42.1 Å². The molecule has 0 fully saturated rings. The Bertz CT molecular complexity index is 119. The first kappa shape index (κ1) is 4.43. The third kappa shape index (κ3) is 0.658. The third-order valence-corrected chi connectivity index (χ3v) is 0.922. The first-order chi connectivity index (χ1) is 3.30. The SMILES string of the molecule is O=C(O)C1[B]C=C1. The molecule has 0 bridgehead atoms. The van der Waals surface area contributed by atoms with E-state index in [2.05, 4.69) is 0 Å². The van der Waals surface area contributed by atoms with E-state index < -0.39 is 5.97 Å². The van der Waals surface area contributed by atoms with E-state index in [1.54, 1.807) is 19.3 Å². The summed E-state index contributed by atoms with van der Waals surface area (Å²) in [4.78, 5) is 9.90. The van der Waals surface area contributed by atoms with Gasteiger partial charge in [0.25, 0.3) is 0 Å². The van der Waals surface area contributed by atoms with E-state index in [-0.39, 0.29) is 5.82 Å². The molecule has 2 nitrogen and oxygen atoms in total. The van der Waals surface area contributed by atoms with Crippen molar-refractivity contribution < 1.29 is 9.90 Å². The molecule has 0 saturated carbocycles. The van der Waals surface area contributed by atoms with Crippen molar-refractivity contribution in [2.45, 2.75) is 5.82 Å². The zero-order valence-electron chi connectivity index (χ0n) is 3.66. The molecule has 0 aliphatic carbocycles. The van der Waals surface area contributed by atoms with Gasteiger partial charge in [-0.25, -0.2) is 0 Å². The molecule has 1 atom stereocenters. The molecule has 0 aromatic heterocycles. The number of carboxylic acid groups (broad SMARTS) is 1. The summed E-state index contributed by atoms with van der Waals surface area (Å²) in [5, 5.41) is 8.15. The Kier molecular flexibility index (Phi) is 0.892. The molecule has 1 rings (SSSR count). The maximum absolute atomic E-state index is 9.90. The summed E-state index contributed by atoms with van der Waals surface area (Å²) in [5.74, 6) is 0.668. The van der Waals surface area contributed by atoms with Crippen LogP contribution in [0.3, 0.4) is 0 Å². The van der Waals surface area contributed by atoms with Crippen molar-refractivity contribution in [3.8, 4) is 0 Å². The summed E-state index contributed by atoms with van der Waals surface area (Å²) >= 11 is 0. The number of carboxylic acids is 1. The molecule has 0 amide bonds. The number of aliphatic carboxylic acids is 1. The molecule has 0 aromatic carbocycles. The minimum absolute atomic E-state index is 0.306. The van der Waals surface area contributed by atoms with Gasteiger partial charge in [-0.3, -0.25) is 4.79 Å². The molecule has 0 aromatic rings. The fourth-order valence-corrected chi connectivity index (χ4v) is 0.387. The first-order valence-electron chi connectivity index (χ1n) is 2.05. The van der Waals surface area contributed by atoms with Crippen molar-refractivity contribution in [3.63, 3.8) is 0 Å². The van der Waals surface area contributed by atoms with Crippen molar-refractivity contribution in [2.75, 3.05) is 0 Å². The van der Waals surface area contributed by atoms with Crippen LogP contribution in [0.5, 0.6) is 0 Å². The van der Waals surface area contributed by atoms with Crippen molar-refractivity contribution in [3.05, 3.63) is 12.1 Å². The van der Waals surface area contributed by atoms with Crippen molar-refractivity contribution in [2.24, 2.45) is 0 Å². The van der Waals surface area contributed by atoms with Crippen LogP contribution in [0.4, 0.5) is 0 Å². The zero-order valence-corrected chi connectivity index (χ0v) is 3.66. The van der Waals surface area contributed by atoms with Crippen LogP contribution in [0.15, 0.2) is 12.1 Å². The topological polar surface area (TPSA) is 37.3 Å². The number of rotatable bonds is 1. The lowest BCUT2D eigenvalue weighted by Gasteiger charge is -2.08. The molecular weight excluding hydrogens is 90.9 g/mol. The van der Waals surface area contributed by atoms with E-state index in [4.69, 9.17) is 5.11 Å². The minimum atomic E-state index is -0.762. The third-order valence-electron chi connectivity index (χ3n) is 0.922. The van der Waals surface area contributed by atoms with Gasteiger partial charge in [0.1, 0.15) is 0 Å². The van der Waals surface area contributed by atoms with E-state index in [9.17, 15) is 4.79 Å². The molecule has 0 spiro atoms.